The zero-order valence-electron chi connectivity index (χ0n) is 14.0. The SMILES string of the molecule is CC(C)(C)N1CCC[C@@H]1c1ccccc1Cc1ccccc1. The minimum absolute atomic E-state index is 0.237. The molecule has 0 radical (unpaired) electrons. The van der Waals surface area contributed by atoms with E-state index in [0.717, 1.165) is 6.42 Å². The van der Waals surface area contributed by atoms with Crippen molar-refractivity contribution in [3.8, 4) is 0 Å². The normalized spacial score (nSPS) is 19.5. The van der Waals surface area contributed by atoms with Crippen LogP contribution in [0, 0.1) is 0 Å². The molecule has 1 saturated heterocycles. The lowest BCUT2D eigenvalue weighted by molar-refractivity contribution is 0.121. The standard InChI is InChI=1S/C21H27N/c1-21(2,3)22-15-9-14-20(22)19-13-8-7-12-18(19)16-17-10-5-4-6-11-17/h4-8,10-13,20H,9,14-16H2,1-3H3/t20-/m1/s1. The van der Waals surface area contributed by atoms with E-state index in [2.05, 4.69) is 80.3 Å². The van der Waals surface area contributed by atoms with Gasteiger partial charge in [0.2, 0.25) is 0 Å². The fraction of sp³-hybridized carbons (Fsp3) is 0.429. The highest BCUT2D eigenvalue weighted by atomic mass is 15.2. The van der Waals surface area contributed by atoms with Crippen LogP contribution in [0.1, 0.15) is 56.3 Å². The predicted molar refractivity (Wildman–Crippen MR) is 94.1 cm³/mol. The van der Waals surface area contributed by atoms with Crippen LogP contribution in [0.4, 0.5) is 0 Å². The van der Waals surface area contributed by atoms with E-state index < -0.39 is 0 Å². The Morgan fingerprint density at radius 3 is 2.36 bits per heavy atom. The first-order valence-corrected chi connectivity index (χ1v) is 8.44. The molecule has 1 heteroatoms. The van der Waals surface area contributed by atoms with Crippen LogP contribution < -0.4 is 0 Å². The first-order chi connectivity index (χ1) is 10.6. The summed E-state index contributed by atoms with van der Waals surface area (Å²) in [5.41, 5.74) is 4.64. The third kappa shape index (κ3) is 3.25. The Labute approximate surface area is 135 Å². The summed E-state index contributed by atoms with van der Waals surface area (Å²) in [5.74, 6) is 0. The second-order valence-electron chi connectivity index (χ2n) is 7.38. The molecule has 2 aromatic carbocycles. The van der Waals surface area contributed by atoms with Crippen molar-refractivity contribution in [2.45, 2.75) is 51.6 Å². The molecule has 2 aromatic rings. The van der Waals surface area contributed by atoms with Gasteiger partial charge in [0.1, 0.15) is 0 Å². The molecule has 0 aromatic heterocycles. The average Bonchev–Trinajstić information content (AvgIpc) is 2.98. The highest BCUT2D eigenvalue weighted by molar-refractivity contribution is 5.35. The van der Waals surface area contributed by atoms with Gasteiger partial charge in [-0.05, 0) is 63.3 Å². The lowest BCUT2D eigenvalue weighted by atomic mass is 9.92. The van der Waals surface area contributed by atoms with Crippen LogP contribution in [0.25, 0.3) is 0 Å². The second kappa shape index (κ2) is 6.26. The van der Waals surface area contributed by atoms with Gasteiger partial charge >= 0.3 is 0 Å². The van der Waals surface area contributed by atoms with Gasteiger partial charge in [-0.25, -0.2) is 0 Å². The molecule has 1 nitrogen and oxygen atoms in total. The largest absolute Gasteiger partial charge is 0.291 e. The maximum absolute atomic E-state index is 2.68. The maximum Gasteiger partial charge on any atom is 0.0356 e. The molecule has 22 heavy (non-hydrogen) atoms. The van der Waals surface area contributed by atoms with E-state index in [1.54, 1.807) is 0 Å². The lowest BCUT2D eigenvalue weighted by Crippen LogP contribution is -2.40. The molecule has 0 N–H and O–H groups in total. The highest BCUT2D eigenvalue weighted by Crippen LogP contribution is 2.38. The smallest absolute Gasteiger partial charge is 0.0356 e. The van der Waals surface area contributed by atoms with Gasteiger partial charge in [-0.15, -0.1) is 0 Å². The van der Waals surface area contributed by atoms with Gasteiger partial charge < -0.3 is 0 Å². The summed E-state index contributed by atoms with van der Waals surface area (Å²) in [6.45, 7) is 8.23. The fourth-order valence-corrected chi connectivity index (χ4v) is 3.73. The van der Waals surface area contributed by atoms with Gasteiger partial charge in [0, 0.05) is 11.6 Å². The minimum atomic E-state index is 0.237. The Morgan fingerprint density at radius 1 is 0.955 bits per heavy atom. The maximum atomic E-state index is 2.68. The molecule has 0 aliphatic carbocycles. The summed E-state index contributed by atoms with van der Waals surface area (Å²) >= 11 is 0. The monoisotopic (exact) mass is 293 g/mol. The Bertz CT molecular complexity index is 609. The molecule has 0 spiro atoms. The molecule has 116 valence electrons. The zero-order chi connectivity index (χ0) is 15.6. The molecule has 0 unspecified atom stereocenters. The third-order valence-corrected chi connectivity index (χ3v) is 4.77. The summed E-state index contributed by atoms with van der Waals surface area (Å²) in [6.07, 6.45) is 3.62. The van der Waals surface area contributed by atoms with Crippen LogP contribution in [-0.2, 0) is 6.42 Å². The van der Waals surface area contributed by atoms with Crippen LogP contribution in [0.15, 0.2) is 54.6 Å². The molecular weight excluding hydrogens is 266 g/mol. The van der Waals surface area contributed by atoms with E-state index >= 15 is 0 Å². The van der Waals surface area contributed by atoms with E-state index in [-0.39, 0.29) is 5.54 Å². The Balaban J connectivity index is 1.91. The number of rotatable bonds is 3. The highest BCUT2D eigenvalue weighted by Gasteiger charge is 2.34. The average molecular weight is 293 g/mol. The first kappa shape index (κ1) is 15.3. The van der Waals surface area contributed by atoms with Crippen molar-refractivity contribution in [2.24, 2.45) is 0 Å². The number of hydrogen-bond acceptors (Lipinski definition) is 1. The van der Waals surface area contributed by atoms with Crippen molar-refractivity contribution >= 4 is 0 Å². The molecule has 1 heterocycles. The van der Waals surface area contributed by atoms with E-state index in [1.807, 2.05) is 0 Å². The summed E-state index contributed by atoms with van der Waals surface area (Å²) in [5, 5.41) is 0. The van der Waals surface area contributed by atoms with Crippen molar-refractivity contribution in [2.75, 3.05) is 6.54 Å². The fourth-order valence-electron chi connectivity index (χ4n) is 3.73. The predicted octanol–water partition coefficient (Wildman–Crippen LogP) is 5.21. The Morgan fingerprint density at radius 2 is 1.64 bits per heavy atom. The summed E-state index contributed by atoms with van der Waals surface area (Å²) in [7, 11) is 0. The molecule has 1 aliphatic heterocycles. The molecule has 3 rings (SSSR count). The van der Waals surface area contributed by atoms with E-state index in [9.17, 15) is 0 Å². The zero-order valence-corrected chi connectivity index (χ0v) is 14.0. The Kier molecular flexibility index (Phi) is 4.35. The van der Waals surface area contributed by atoms with Crippen LogP contribution >= 0.6 is 0 Å². The van der Waals surface area contributed by atoms with Crippen LogP contribution in [0.2, 0.25) is 0 Å². The van der Waals surface area contributed by atoms with Crippen molar-refractivity contribution in [1.82, 2.24) is 4.90 Å². The van der Waals surface area contributed by atoms with E-state index in [0.29, 0.717) is 6.04 Å². The van der Waals surface area contributed by atoms with Crippen LogP contribution in [0.5, 0.6) is 0 Å². The summed E-state index contributed by atoms with van der Waals surface area (Å²) < 4.78 is 0. The Hall–Kier alpha value is -1.60. The topological polar surface area (TPSA) is 3.24 Å². The van der Waals surface area contributed by atoms with Crippen LogP contribution in [0.3, 0.4) is 0 Å². The molecular formula is C21H27N. The van der Waals surface area contributed by atoms with Gasteiger partial charge in [-0.2, -0.15) is 0 Å². The third-order valence-electron chi connectivity index (χ3n) is 4.77. The van der Waals surface area contributed by atoms with Crippen molar-refractivity contribution < 1.29 is 0 Å². The minimum Gasteiger partial charge on any atom is -0.291 e. The van der Waals surface area contributed by atoms with Gasteiger partial charge in [0.15, 0.2) is 0 Å². The molecule has 1 fully saturated rings. The van der Waals surface area contributed by atoms with Crippen LogP contribution in [-0.4, -0.2) is 17.0 Å². The van der Waals surface area contributed by atoms with E-state index in [4.69, 9.17) is 0 Å². The quantitative estimate of drug-likeness (QED) is 0.750. The van der Waals surface area contributed by atoms with Gasteiger partial charge in [-0.3, -0.25) is 4.90 Å². The second-order valence-corrected chi connectivity index (χ2v) is 7.38. The summed E-state index contributed by atoms with van der Waals surface area (Å²) in [4.78, 5) is 2.68. The van der Waals surface area contributed by atoms with Gasteiger partial charge in [-0.1, -0.05) is 54.6 Å². The van der Waals surface area contributed by atoms with Gasteiger partial charge in [0.25, 0.3) is 0 Å². The summed E-state index contributed by atoms with van der Waals surface area (Å²) in [6, 6.07) is 20.4. The molecule has 0 bridgehead atoms. The molecule has 1 atom stereocenters. The van der Waals surface area contributed by atoms with E-state index in [1.165, 1.54) is 36.1 Å². The number of likely N-dealkylation sites (tertiary alicyclic amines) is 1. The van der Waals surface area contributed by atoms with Crippen molar-refractivity contribution in [3.05, 3.63) is 71.3 Å². The van der Waals surface area contributed by atoms with Crippen molar-refractivity contribution in [3.63, 3.8) is 0 Å². The van der Waals surface area contributed by atoms with Gasteiger partial charge in [0.05, 0.1) is 0 Å². The molecule has 0 amide bonds. The number of nitrogens with zero attached hydrogens (tertiary/aromatic N) is 1. The first-order valence-electron chi connectivity index (χ1n) is 8.44. The molecule has 1 aliphatic rings. The number of hydrogen-bond donors (Lipinski definition) is 0. The number of benzene rings is 2. The lowest BCUT2D eigenvalue weighted by Gasteiger charge is -2.38. The molecule has 0 saturated carbocycles. The van der Waals surface area contributed by atoms with Crippen molar-refractivity contribution in [1.29, 1.82) is 0 Å².